The minimum atomic E-state index is -2.62. The van der Waals surface area contributed by atoms with Crippen LogP contribution >= 0.6 is 0 Å². The van der Waals surface area contributed by atoms with Crippen molar-refractivity contribution < 1.29 is 29.6 Å². The number of para-hydroxylation sites is 1. The molecule has 7 rings (SSSR count). The zero-order valence-corrected chi connectivity index (χ0v) is 25.2. The average Bonchev–Trinajstić information content (AvgIpc) is 3.57. The number of nitrogens with zero attached hydrogens (tertiary/aromatic N) is 4. The van der Waals surface area contributed by atoms with Gasteiger partial charge in [0.25, 0.3) is 17.5 Å². The number of nitrogens with one attached hydrogen (secondary N) is 3. The Hall–Kier alpha value is -4.69. The van der Waals surface area contributed by atoms with Crippen LogP contribution in [0.3, 0.4) is 0 Å². The highest BCUT2D eigenvalue weighted by atomic mass is 16.5. The molecule has 2 saturated heterocycles. The third-order valence-electron chi connectivity index (χ3n) is 9.93. The maximum Gasteiger partial charge on any atom is 0.343 e. The summed E-state index contributed by atoms with van der Waals surface area (Å²) in [4.78, 5) is 51.7. The zero-order chi connectivity index (χ0) is 31.9. The van der Waals surface area contributed by atoms with Crippen molar-refractivity contribution in [2.75, 3.05) is 24.5 Å². The normalized spacial score (nSPS) is 29.4. The molecular weight excluding hydrogens is 578 g/mol. The number of fused-ring (bicyclic) bond motifs is 1. The third-order valence-corrected chi connectivity index (χ3v) is 9.93. The molecule has 0 aromatic heterocycles. The Morgan fingerprint density at radius 2 is 1.89 bits per heavy atom. The molecule has 5 aliphatic rings. The first kappa shape index (κ1) is 29.0. The van der Waals surface area contributed by atoms with Crippen LogP contribution in [-0.4, -0.2) is 99.0 Å². The second-order valence-electron chi connectivity index (χ2n) is 13.3. The number of aliphatic hydroxyl groups is 2. The van der Waals surface area contributed by atoms with Gasteiger partial charge in [-0.3, -0.25) is 35.0 Å². The molecule has 4 aliphatic heterocycles. The topological polar surface area (TPSA) is 204 Å². The number of amides is 4. The predicted molar refractivity (Wildman–Crippen MR) is 163 cm³/mol. The molecule has 236 valence electrons. The molecule has 4 amide bonds. The number of nitrogens with two attached hydrogens (primary N) is 2. The molecular formula is C31H38N9O5+. The molecule has 1 unspecified atom stereocenters. The van der Waals surface area contributed by atoms with Crippen LogP contribution in [0.2, 0.25) is 0 Å². The Kier molecular flexibility index (Phi) is 6.39. The van der Waals surface area contributed by atoms with Crippen molar-refractivity contribution in [1.82, 2.24) is 20.4 Å². The van der Waals surface area contributed by atoms with E-state index >= 15 is 0 Å². The van der Waals surface area contributed by atoms with Crippen molar-refractivity contribution in [3.63, 3.8) is 0 Å². The summed E-state index contributed by atoms with van der Waals surface area (Å²) in [6.07, 6.45) is 2.60. The maximum absolute atomic E-state index is 13.8. The highest BCUT2D eigenvalue weighted by molar-refractivity contribution is 6.12. The number of hydrogen-bond donors (Lipinski definition) is 7. The first-order valence-corrected chi connectivity index (χ1v) is 15.1. The van der Waals surface area contributed by atoms with E-state index < -0.39 is 47.4 Å². The number of anilines is 1. The second kappa shape index (κ2) is 9.91. The number of hydrogen-bond acceptors (Lipinski definition) is 10. The van der Waals surface area contributed by atoms with Gasteiger partial charge >= 0.3 is 12.0 Å². The van der Waals surface area contributed by atoms with Gasteiger partial charge in [0.1, 0.15) is 18.6 Å². The maximum atomic E-state index is 13.8. The third kappa shape index (κ3) is 4.34. The Bertz CT molecular complexity index is 1660. The SMILES string of the molecule is CC1(C)CCc2cccc(C(=O)NC3CN4C(N)=N[C@@H](CN5C(=O)CN(c6ccccc6)C5=O)[C@@H]5[NH+]=C(N)N[C@@]54C3(O)O)c2C1. The molecule has 45 heavy (non-hydrogen) atoms. The number of benzene rings is 2. The summed E-state index contributed by atoms with van der Waals surface area (Å²) in [7, 11) is 0. The fraction of sp³-hybridized carbons (Fsp3) is 0.452. The predicted octanol–water partition coefficient (Wildman–Crippen LogP) is -2.47. The van der Waals surface area contributed by atoms with Gasteiger partial charge < -0.3 is 21.3 Å². The largest absolute Gasteiger partial charge is 0.370 e. The molecule has 0 bridgehead atoms. The molecule has 14 nitrogen and oxygen atoms in total. The fourth-order valence-electron chi connectivity index (χ4n) is 7.60. The summed E-state index contributed by atoms with van der Waals surface area (Å²) < 4.78 is 0. The van der Waals surface area contributed by atoms with Crippen LogP contribution in [-0.2, 0) is 17.6 Å². The molecule has 9 N–H and O–H groups in total. The average molecular weight is 617 g/mol. The van der Waals surface area contributed by atoms with Crippen LogP contribution in [0.25, 0.3) is 0 Å². The van der Waals surface area contributed by atoms with E-state index in [1.165, 1.54) is 9.80 Å². The van der Waals surface area contributed by atoms with Crippen LogP contribution in [0.1, 0.15) is 41.8 Å². The van der Waals surface area contributed by atoms with E-state index in [1.54, 1.807) is 30.3 Å². The zero-order valence-electron chi connectivity index (χ0n) is 25.2. The van der Waals surface area contributed by atoms with Gasteiger partial charge in [-0.2, -0.15) is 0 Å². The fourth-order valence-corrected chi connectivity index (χ4v) is 7.60. The van der Waals surface area contributed by atoms with Crippen molar-refractivity contribution in [2.45, 2.75) is 62.7 Å². The number of aliphatic imine (C=N–C) groups is 1. The smallest absolute Gasteiger partial charge is 0.343 e. The van der Waals surface area contributed by atoms with Crippen molar-refractivity contribution in [2.24, 2.45) is 21.9 Å². The van der Waals surface area contributed by atoms with Crippen LogP contribution in [0.4, 0.5) is 10.5 Å². The lowest BCUT2D eigenvalue weighted by Crippen LogP contribution is -2.90. The summed E-state index contributed by atoms with van der Waals surface area (Å²) >= 11 is 0. The number of rotatable bonds is 5. The van der Waals surface area contributed by atoms with E-state index in [0.29, 0.717) is 11.3 Å². The molecule has 1 aliphatic carbocycles. The molecule has 2 aromatic carbocycles. The van der Waals surface area contributed by atoms with Crippen molar-refractivity contribution in [1.29, 1.82) is 0 Å². The van der Waals surface area contributed by atoms with Gasteiger partial charge in [0.2, 0.25) is 5.79 Å². The summed E-state index contributed by atoms with van der Waals surface area (Å²) in [5.41, 5.74) is 14.0. The molecule has 4 atom stereocenters. The molecule has 0 radical (unpaired) electrons. The Morgan fingerprint density at radius 3 is 2.64 bits per heavy atom. The van der Waals surface area contributed by atoms with E-state index in [-0.39, 0.29) is 37.0 Å². The van der Waals surface area contributed by atoms with E-state index in [9.17, 15) is 24.6 Å². The van der Waals surface area contributed by atoms with Gasteiger partial charge in [0.05, 0.1) is 13.1 Å². The Morgan fingerprint density at radius 1 is 1.13 bits per heavy atom. The summed E-state index contributed by atoms with van der Waals surface area (Å²) in [6.45, 7) is 3.92. The van der Waals surface area contributed by atoms with E-state index in [4.69, 9.17) is 11.5 Å². The molecule has 0 saturated carbocycles. The number of aryl methyl sites for hydroxylation is 1. The quantitative estimate of drug-likeness (QED) is 0.140. The van der Waals surface area contributed by atoms with E-state index in [2.05, 4.69) is 34.5 Å². The van der Waals surface area contributed by atoms with E-state index in [1.807, 2.05) is 18.2 Å². The molecule has 1 spiro atoms. The second-order valence-corrected chi connectivity index (χ2v) is 13.3. The summed E-state index contributed by atoms with van der Waals surface area (Å²) in [5, 5.41) is 29.6. The van der Waals surface area contributed by atoms with Gasteiger partial charge in [-0.1, -0.05) is 44.2 Å². The number of urea groups is 1. The lowest BCUT2D eigenvalue weighted by atomic mass is 9.73. The van der Waals surface area contributed by atoms with Crippen LogP contribution in [0, 0.1) is 5.41 Å². The van der Waals surface area contributed by atoms with Gasteiger partial charge in [0, 0.05) is 11.3 Å². The highest BCUT2D eigenvalue weighted by Crippen LogP contribution is 2.42. The van der Waals surface area contributed by atoms with Crippen LogP contribution < -0.4 is 32.0 Å². The molecule has 4 heterocycles. The number of carbonyl (C=O) groups excluding carboxylic acids is 3. The van der Waals surface area contributed by atoms with Crippen LogP contribution in [0.15, 0.2) is 53.5 Å². The molecule has 14 heteroatoms. The van der Waals surface area contributed by atoms with Crippen molar-refractivity contribution in [3.8, 4) is 0 Å². The number of carbonyl (C=O) groups is 3. The minimum absolute atomic E-state index is 0.0312. The lowest BCUT2D eigenvalue weighted by Gasteiger charge is -2.46. The Balaban J connectivity index is 1.16. The van der Waals surface area contributed by atoms with Gasteiger partial charge in [0.15, 0.2) is 12.0 Å². The number of imide groups is 1. The number of guanidine groups is 2. The van der Waals surface area contributed by atoms with E-state index in [0.717, 1.165) is 35.3 Å². The van der Waals surface area contributed by atoms with Gasteiger partial charge in [-0.25, -0.2) is 15.1 Å². The highest BCUT2D eigenvalue weighted by Gasteiger charge is 2.76. The first-order valence-electron chi connectivity index (χ1n) is 15.1. The van der Waals surface area contributed by atoms with Gasteiger partial charge in [-0.05, 0) is 54.0 Å². The lowest BCUT2D eigenvalue weighted by molar-refractivity contribution is -0.521. The van der Waals surface area contributed by atoms with Crippen LogP contribution in [0.5, 0.6) is 0 Å². The summed E-state index contributed by atoms with van der Waals surface area (Å²) in [6, 6.07) is 10.9. The van der Waals surface area contributed by atoms with Crippen molar-refractivity contribution in [3.05, 3.63) is 65.2 Å². The molecule has 2 fully saturated rings. The molecule has 2 aromatic rings. The minimum Gasteiger partial charge on any atom is -0.370 e. The summed E-state index contributed by atoms with van der Waals surface area (Å²) in [5.74, 6) is -3.50. The van der Waals surface area contributed by atoms with Crippen molar-refractivity contribution >= 4 is 35.5 Å². The standard InChI is InChI=1S/C31H37N9O5/c1-29(2)12-11-17-7-6-10-19(20(17)13-29)25(42)35-22-15-40-27(33)34-21(24-30(40,31(22,44)45)37-26(32)36-24)14-39-23(41)16-38(28(39)43)18-8-4-3-5-9-18/h3-10,21-22,24,44-45H,11-16H2,1-2H3,(H2,33,34)(H,35,42)(H3,32,36,37)/p+1/t21-,22?,24-,30-/m0/s1. The monoisotopic (exact) mass is 616 g/mol. The van der Waals surface area contributed by atoms with Gasteiger partial charge in [-0.15, -0.1) is 0 Å². The first-order chi connectivity index (χ1) is 21.3. The Labute approximate surface area is 259 Å².